The molecule has 2 rings (SSSR count). The van der Waals surface area contributed by atoms with Gasteiger partial charge in [0.25, 0.3) is 0 Å². The molecule has 4 heteroatoms. The maximum absolute atomic E-state index is 4.56. The van der Waals surface area contributed by atoms with Crippen LogP contribution < -0.4 is 10.2 Å². The Labute approximate surface area is 110 Å². The van der Waals surface area contributed by atoms with Crippen molar-refractivity contribution in [2.45, 2.75) is 51.5 Å². The number of aromatic nitrogens is 2. The first kappa shape index (κ1) is 13.1. The van der Waals surface area contributed by atoms with Gasteiger partial charge in [-0.05, 0) is 19.8 Å². The summed E-state index contributed by atoms with van der Waals surface area (Å²) in [5, 5.41) is 3.10. The van der Waals surface area contributed by atoms with Gasteiger partial charge in [0, 0.05) is 26.2 Å². The summed E-state index contributed by atoms with van der Waals surface area (Å²) in [5.74, 6) is 2.77. The van der Waals surface area contributed by atoms with Crippen LogP contribution >= 0.6 is 0 Å². The van der Waals surface area contributed by atoms with Crippen LogP contribution in [0, 0.1) is 6.92 Å². The number of nitrogens with zero attached hydrogens (tertiary/aromatic N) is 3. The van der Waals surface area contributed by atoms with Crippen molar-refractivity contribution in [1.82, 2.24) is 9.97 Å². The molecule has 0 atom stereocenters. The molecule has 0 saturated heterocycles. The van der Waals surface area contributed by atoms with E-state index in [2.05, 4.69) is 27.2 Å². The molecule has 1 aliphatic rings. The van der Waals surface area contributed by atoms with E-state index in [0.29, 0.717) is 6.04 Å². The van der Waals surface area contributed by atoms with E-state index in [9.17, 15) is 0 Å². The summed E-state index contributed by atoms with van der Waals surface area (Å²) in [7, 11) is 4.06. The third kappa shape index (κ3) is 3.12. The Balaban J connectivity index is 2.15. The zero-order valence-electron chi connectivity index (χ0n) is 11.7. The summed E-state index contributed by atoms with van der Waals surface area (Å²) in [6.45, 7) is 1.95. The van der Waals surface area contributed by atoms with Crippen molar-refractivity contribution in [3.8, 4) is 0 Å². The van der Waals surface area contributed by atoms with Crippen molar-refractivity contribution in [2.75, 3.05) is 24.3 Å². The zero-order chi connectivity index (χ0) is 13.0. The van der Waals surface area contributed by atoms with Gasteiger partial charge in [0.05, 0.1) is 0 Å². The zero-order valence-corrected chi connectivity index (χ0v) is 11.7. The lowest BCUT2D eigenvalue weighted by molar-refractivity contribution is 0.548. The minimum Gasteiger partial charge on any atom is -0.373 e. The molecule has 1 saturated carbocycles. The topological polar surface area (TPSA) is 41.0 Å². The van der Waals surface area contributed by atoms with Crippen LogP contribution in [-0.2, 0) is 0 Å². The van der Waals surface area contributed by atoms with Gasteiger partial charge in [-0.1, -0.05) is 25.7 Å². The smallest absolute Gasteiger partial charge is 0.134 e. The standard InChI is InChI=1S/C14H24N4/c1-11-16-13(15-2)10-14(17-11)18(3)12-8-6-4-5-7-9-12/h10,12H,4-9H2,1-3H3,(H,15,16,17). The molecule has 1 aromatic rings. The van der Waals surface area contributed by atoms with E-state index < -0.39 is 0 Å². The molecule has 100 valence electrons. The van der Waals surface area contributed by atoms with E-state index in [1.54, 1.807) is 0 Å². The predicted octanol–water partition coefficient (Wildman–Crippen LogP) is 2.99. The molecule has 0 radical (unpaired) electrons. The number of anilines is 2. The highest BCUT2D eigenvalue weighted by molar-refractivity contribution is 5.49. The molecule has 0 unspecified atom stereocenters. The van der Waals surface area contributed by atoms with Crippen LogP contribution in [0.5, 0.6) is 0 Å². The lowest BCUT2D eigenvalue weighted by Gasteiger charge is -2.28. The van der Waals surface area contributed by atoms with Crippen molar-refractivity contribution in [1.29, 1.82) is 0 Å². The molecule has 1 aliphatic carbocycles. The highest BCUT2D eigenvalue weighted by Crippen LogP contribution is 2.25. The fourth-order valence-corrected chi connectivity index (χ4v) is 2.69. The fourth-order valence-electron chi connectivity index (χ4n) is 2.69. The quantitative estimate of drug-likeness (QED) is 0.835. The Morgan fingerprint density at radius 3 is 2.44 bits per heavy atom. The second-order valence-corrected chi connectivity index (χ2v) is 5.16. The fraction of sp³-hybridized carbons (Fsp3) is 0.714. The van der Waals surface area contributed by atoms with Gasteiger partial charge in [-0.3, -0.25) is 0 Å². The number of aryl methyl sites for hydroxylation is 1. The summed E-state index contributed by atoms with van der Waals surface area (Å²) in [5.41, 5.74) is 0. The van der Waals surface area contributed by atoms with Crippen LogP contribution in [0.3, 0.4) is 0 Å². The van der Waals surface area contributed by atoms with E-state index >= 15 is 0 Å². The lowest BCUT2D eigenvalue weighted by atomic mass is 10.1. The van der Waals surface area contributed by atoms with Gasteiger partial charge in [0.2, 0.25) is 0 Å². The first-order valence-electron chi connectivity index (χ1n) is 6.97. The summed E-state index contributed by atoms with van der Waals surface area (Å²) in [6.07, 6.45) is 8.03. The molecule has 0 aliphatic heterocycles. The molecule has 0 spiro atoms. The van der Waals surface area contributed by atoms with Crippen LogP contribution in [0.4, 0.5) is 11.6 Å². The highest BCUT2D eigenvalue weighted by Gasteiger charge is 2.18. The molecule has 0 aromatic carbocycles. The lowest BCUT2D eigenvalue weighted by Crippen LogP contribution is -2.32. The highest BCUT2D eigenvalue weighted by atomic mass is 15.2. The second-order valence-electron chi connectivity index (χ2n) is 5.16. The Bertz CT molecular complexity index is 383. The Kier molecular flexibility index (Phi) is 4.39. The SMILES string of the molecule is CNc1cc(N(C)C2CCCCCC2)nc(C)n1. The van der Waals surface area contributed by atoms with E-state index in [0.717, 1.165) is 17.5 Å². The molecule has 1 heterocycles. The average molecular weight is 248 g/mol. The third-order valence-electron chi connectivity index (χ3n) is 3.81. The van der Waals surface area contributed by atoms with Crippen molar-refractivity contribution in [3.63, 3.8) is 0 Å². The summed E-state index contributed by atoms with van der Waals surface area (Å²) >= 11 is 0. The maximum atomic E-state index is 4.56. The monoisotopic (exact) mass is 248 g/mol. The van der Waals surface area contributed by atoms with Crippen molar-refractivity contribution < 1.29 is 0 Å². The number of hydrogen-bond acceptors (Lipinski definition) is 4. The first-order chi connectivity index (χ1) is 8.70. The van der Waals surface area contributed by atoms with Crippen LogP contribution in [0.2, 0.25) is 0 Å². The number of nitrogens with one attached hydrogen (secondary N) is 1. The molecular weight excluding hydrogens is 224 g/mol. The Hall–Kier alpha value is -1.32. The molecular formula is C14H24N4. The van der Waals surface area contributed by atoms with Crippen molar-refractivity contribution in [3.05, 3.63) is 11.9 Å². The molecule has 18 heavy (non-hydrogen) atoms. The van der Waals surface area contributed by atoms with Crippen molar-refractivity contribution in [2.24, 2.45) is 0 Å². The summed E-state index contributed by atoms with van der Waals surface area (Å²) in [4.78, 5) is 11.2. The number of rotatable bonds is 3. The van der Waals surface area contributed by atoms with Gasteiger partial charge in [-0.25, -0.2) is 9.97 Å². The molecule has 1 N–H and O–H groups in total. The third-order valence-corrected chi connectivity index (χ3v) is 3.81. The van der Waals surface area contributed by atoms with Crippen molar-refractivity contribution >= 4 is 11.6 Å². The predicted molar refractivity (Wildman–Crippen MR) is 76.2 cm³/mol. The normalized spacial score (nSPS) is 17.3. The molecule has 0 bridgehead atoms. The minimum absolute atomic E-state index is 0.631. The molecule has 1 aromatic heterocycles. The van der Waals surface area contributed by atoms with Crippen LogP contribution in [0.1, 0.15) is 44.3 Å². The van der Waals surface area contributed by atoms with E-state index in [4.69, 9.17) is 0 Å². The van der Waals surface area contributed by atoms with Gasteiger partial charge >= 0.3 is 0 Å². The number of hydrogen-bond donors (Lipinski definition) is 1. The summed E-state index contributed by atoms with van der Waals surface area (Å²) in [6, 6.07) is 2.67. The van der Waals surface area contributed by atoms with Gasteiger partial charge in [0.15, 0.2) is 0 Å². The largest absolute Gasteiger partial charge is 0.373 e. The second kappa shape index (κ2) is 6.03. The van der Waals surface area contributed by atoms with Crippen LogP contribution in [-0.4, -0.2) is 30.1 Å². The first-order valence-corrected chi connectivity index (χ1v) is 6.97. The van der Waals surface area contributed by atoms with Gasteiger partial charge in [0.1, 0.15) is 17.5 Å². The average Bonchev–Trinajstić information content (AvgIpc) is 2.65. The van der Waals surface area contributed by atoms with Gasteiger partial charge in [-0.15, -0.1) is 0 Å². The molecule has 4 nitrogen and oxygen atoms in total. The Morgan fingerprint density at radius 2 is 1.83 bits per heavy atom. The van der Waals surface area contributed by atoms with E-state index in [1.807, 2.05) is 20.0 Å². The van der Waals surface area contributed by atoms with Gasteiger partial charge < -0.3 is 10.2 Å². The Morgan fingerprint density at radius 1 is 1.17 bits per heavy atom. The molecule has 0 amide bonds. The summed E-state index contributed by atoms with van der Waals surface area (Å²) < 4.78 is 0. The minimum atomic E-state index is 0.631. The van der Waals surface area contributed by atoms with Gasteiger partial charge in [-0.2, -0.15) is 0 Å². The van der Waals surface area contributed by atoms with Crippen LogP contribution in [0.25, 0.3) is 0 Å². The van der Waals surface area contributed by atoms with E-state index in [1.165, 1.54) is 38.5 Å². The van der Waals surface area contributed by atoms with Crippen LogP contribution in [0.15, 0.2) is 6.07 Å². The van der Waals surface area contributed by atoms with E-state index in [-0.39, 0.29) is 0 Å². The molecule has 1 fully saturated rings. The maximum Gasteiger partial charge on any atom is 0.134 e.